The molecule has 0 unspecified atom stereocenters. The maximum Gasteiger partial charge on any atom is 0.290 e. The van der Waals surface area contributed by atoms with E-state index in [4.69, 9.17) is 19.8 Å². The number of anilines is 1. The number of aromatic hydroxyl groups is 1. The molecular formula is C37H34FN5O6. The van der Waals surface area contributed by atoms with Crippen molar-refractivity contribution in [2.24, 2.45) is 0 Å². The molecule has 11 nitrogen and oxygen atoms in total. The number of carboxylic acid groups (broad SMARTS) is 1. The number of phenolic OH excluding ortho intramolecular Hbond substituents is 1. The first-order chi connectivity index (χ1) is 23.8. The first-order valence-electron chi connectivity index (χ1n) is 15.2. The minimum Gasteiger partial charge on any atom is -0.504 e. The van der Waals surface area contributed by atoms with Gasteiger partial charge in [0, 0.05) is 37.3 Å². The summed E-state index contributed by atoms with van der Waals surface area (Å²) in [4.78, 5) is 21.7. The van der Waals surface area contributed by atoms with Crippen LogP contribution in [-0.2, 0) is 16.1 Å². The number of amides is 1. The zero-order valence-corrected chi connectivity index (χ0v) is 26.6. The van der Waals surface area contributed by atoms with E-state index in [2.05, 4.69) is 16.3 Å². The average molecular weight is 664 g/mol. The van der Waals surface area contributed by atoms with Crippen molar-refractivity contribution in [3.05, 3.63) is 107 Å². The van der Waals surface area contributed by atoms with Gasteiger partial charge in [0.1, 0.15) is 18.0 Å². The number of carbonyl (C=O) groups excluding carboxylic acids is 1. The van der Waals surface area contributed by atoms with E-state index in [1.807, 2.05) is 42.5 Å². The molecular weight excluding hydrogens is 629 g/mol. The quantitative estimate of drug-likeness (QED) is 0.0656. The number of phenols is 1. The number of carbonyl (C=O) groups is 2. The molecule has 1 fully saturated rings. The highest BCUT2D eigenvalue weighted by Crippen LogP contribution is 2.42. The summed E-state index contributed by atoms with van der Waals surface area (Å²) in [6.07, 6.45) is 4.56. The summed E-state index contributed by atoms with van der Waals surface area (Å²) >= 11 is 0. The van der Waals surface area contributed by atoms with E-state index < -0.39 is 11.7 Å². The zero-order valence-electron chi connectivity index (χ0n) is 26.6. The number of halogens is 1. The lowest BCUT2D eigenvalue weighted by Gasteiger charge is -2.35. The summed E-state index contributed by atoms with van der Waals surface area (Å²) < 4.78 is 20.0. The Kier molecular flexibility index (Phi) is 12.4. The number of nitriles is 2. The van der Waals surface area contributed by atoms with Crippen LogP contribution in [0.2, 0.25) is 0 Å². The number of rotatable bonds is 9. The number of hydrogen-bond acceptors (Lipinski definition) is 9. The summed E-state index contributed by atoms with van der Waals surface area (Å²) in [7, 11) is 1.46. The van der Waals surface area contributed by atoms with Crippen molar-refractivity contribution < 1.29 is 34.1 Å². The second-order valence-corrected chi connectivity index (χ2v) is 11.0. The van der Waals surface area contributed by atoms with Crippen LogP contribution in [0.5, 0.6) is 11.5 Å². The molecule has 0 bridgehead atoms. The average Bonchev–Trinajstić information content (AvgIpc) is 3.13. The van der Waals surface area contributed by atoms with Gasteiger partial charge in [-0.15, -0.1) is 0 Å². The van der Waals surface area contributed by atoms with Gasteiger partial charge in [-0.3, -0.25) is 14.8 Å². The minimum atomic E-state index is -0.676. The Labute approximate surface area is 282 Å². The van der Waals surface area contributed by atoms with Crippen LogP contribution in [0.3, 0.4) is 0 Å². The van der Waals surface area contributed by atoms with Gasteiger partial charge in [-0.2, -0.15) is 10.5 Å². The number of hydroxylamine groups is 1. The van der Waals surface area contributed by atoms with Crippen molar-refractivity contribution in [1.29, 1.82) is 10.5 Å². The van der Waals surface area contributed by atoms with Gasteiger partial charge in [0.15, 0.2) is 11.5 Å². The van der Waals surface area contributed by atoms with Crippen LogP contribution in [0.1, 0.15) is 35.1 Å². The predicted octanol–water partition coefficient (Wildman–Crippen LogP) is 5.60. The van der Waals surface area contributed by atoms with Crippen molar-refractivity contribution >= 4 is 24.1 Å². The Balaban J connectivity index is 0.00000174. The molecule has 0 aromatic heterocycles. The van der Waals surface area contributed by atoms with Crippen molar-refractivity contribution in [3.63, 3.8) is 0 Å². The molecule has 1 saturated heterocycles. The summed E-state index contributed by atoms with van der Waals surface area (Å²) in [5, 5.41) is 49.4. The molecule has 1 amide bonds. The van der Waals surface area contributed by atoms with Crippen LogP contribution in [0.25, 0.3) is 28.3 Å². The molecule has 0 spiro atoms. The Hall–Kier alpha value is -6.21. The molecule has 12 heteroatoms. The normalized spacial score (nSPS) is 12.7. The van der Waals surface area contributed by atoms with Gasteiger partial charge in [-0.05, 0) is 77.1 Å². The van der Waals surface area contributed by atoms with E-state index in [9.17, 15) is 24.8 Å². The maximum atomic E-state index is 14.9. The van der Waals surface area contributed by atoms with Crippen molar-refractivity contribution in [2.75, 3.05) is 25.1 Å². The van der Waals surface area contributed by atoms with Crippen LogP contribution >= 0.6 is 0 Å². The van der Waals surface area contributed by atoms with Gasteiger partial charge < -0.3 is 25.2 Å². The van der Waals surface area contributed by atoms with E-state index >= 15 is 0 Å². The summed E-state index contributed by atoms with van der Waals surface area (Å²) in [6.45, 7) is 1.83. The van der Waals surface area contributed by atoms with E-state index in [1.165, 1.54) is 25.3 Å². The smallest absolute Gasteiger partial charge is 0.290 e. The number of nitrogens with zero attached hydrogens (tertiary/aromatic N) is 3. The molecule has 4 aromatic carbocycles. The van der Waals surface area contributed by atoms with Gasteiger partial charge >= 0.3 is 0 Å². The number of hydrogen-bond donors (Lipinski definition) is 5. The lowest BCUT2D eigenvalue weighted by Crippen LogP contribution is -2.42. The molecule has 0 atom stereocenters. The number of benzene rings is 4. The summed E-state index contributed by atoms with van der Waals surface area (Å²) in [5.41, 5.74) is 6.77. The molecule has 0 radical (unpaired) electrons. The minimum absolute atomic E-state index is 0.0611. The van der Waals surface area contributed by atoms with Crippen molar-refractivity contribution in [2.45, 2.75) is 25.4 Å². The first-order valence-corrected chi connectivity index (χ1v) is 15.2. The molecule has 0 saturated carbocycles. The topological polar surface area (TPSA) is 179 Å². The van der Waals surface area contributed by atoms with E-state index in [1.54, 1.807) is 35.8 Å². The molecule has 1 heterocycles. The fourth-order valence-electron chi connectivity index (χ4n) is 5.67. The summed E-state index contributed by atoms with van der Waals surface area (Å²) in [6, 6.07) is 25.3. The van der Waals surface area contributed by atoms with Crippen LogP contribution in [0.4, 0.5) is 10.1 Å². The number of nitrogens with one attached hydrogen (secondary N) is 2. The second-order valence-electron chi connectivity index (χ2n) is 11.0. The fourth-order valence-corrected chi connectivity index (χ4v) is 5.67. The number of methoxy groups -OCH3 is 1. The standard InChI is InChI=1S/C36H32FN5O4.CH2O2/c1-46-34-12-9-25(19-33(34)43)29-10-11-32(30(21-39)36(29)26-7-8-27(20-38)31(37)18-26)42-16-14-28(15-17-42)40-22-24-4-2-23(3-5-24)6-13-35(44)41-45;2-1-3/h2-13,18-19,28,40,43,45H,14-17,22H2,1H3,(H,41,44);1H,(H,2,3)/b13-6+;. The Morgan fingerprint density at radius 3 is 2.31 bits per heavy atom. The molecule has 4 aromatic rings. The molecule has 49 heavy (non-hydrogen) atoms. The highest BCUT2D eigenvalue weighted by molar-refractivity contribution is 5.92. The monoisotopic (exact) mass is 663 g/mol. The van der Waals surface area contributed by atoms with Crippen LogP contribution in [0.15, 0.2) is 78.9 Å². The molecule has 1 aliphatic rings. The third-order valence-electron chi connectivity index (χ3n) is 8.11. The number of piperidine rings is 1. The third kappa shape index (κ3) is 8.78. The maximum absolute atomic E-state index is 14.9. The van der Waals surface area contributed by atoms with Crippen molar-refractivity contribution in [1.82, 2.24) is 10.8 Å². The van der Waals surface area contributed by atoms with Crippen LogP contribution in [0, 0.1) is 28.5 Å². The molecule has 0 aliphatic carbocycles. The van der Waals surface area contributed by atoms with Gasteiger partial charge in [-0.25, -0.2) is 9.87 Å². The first kappa shape index (κ1) is 35.6. The largest absolute Gasteiger partial charge is 0.504 e. The Bertz CT molecular complexity index is 1910. The highest BCUT2D eigenvalue weighted by Gasteiger charge is 2.25. The zero-order chi connectivity index (χ0) is 35.3. The Morgan fingerprint density at radius 2 is 1.71 bits per heavy atom. The Morgan fingerprint density at radius 1 is 1.02 bits per heavy atom. The SMILES string of the molecule is COc1ccc(-c2ccc(N3CCC(NCc4ccc(/C=C/C(=O)NO)cc4)CC3)c(C#N)c2-c2ccc(C#N)c(F)c2)cc1O.O=CO. The number of ether oxygens (including phenoxy) is 1. The van der Waals surface area contributed by atoms with E-state index in [0.717, 1.165) is 29.7 Å². The predicted molar refractivity (Wildman–Crippen MR) is 181 cm³/mol. The lowest BCUT2D eigenvalue weighted by atomic mass is 9.88. The second kappa shape index (κ2) is 17.1. The van der Waals surface area contributed by atoms with Gasteiger partial charge in [0.2, 0.25) is 0 Å². The molecule has 5 N–H and O–H groups in total. The van der Waals surface area contributed by atoms with Crippen molar-refractivity contribution in [3.8, 4) is 45.9 Å². The van der Waals surface area contributed by atoms with Gasteiger partial charge in [0.05, 0.1) is 23.9 Å². The van der Waals surface area contributed by atoms with E-state index in [0.29, 0.717) is 53.2 Å². The molecule has 5 rings (SSSR count). The van der Waals surface area contributed by atoms with Crippen LogP contribution < -0.4 is 20.4 Å². The van der Waals surface area contributed by atoms with Gasteiger partial charge in [-0.1, -0.05) is 42.5 Å². The lowest BCUT2D eigenvalue weighted by molar-refractivity contribution is -0.124. The molecule has 1 aliphatic heterocycles. The van der Waals surface area contributed by atoms with Gasteiger partial charge in [0.25, 0.3) is 12.4 Å². The van der Waals surface area contributed by atoms with E-state index in [-0.39, 0.29) is 23.8 Å². The molecule has 250 valence electrons. The third-order valence-corrected chi connectivity index (χ3v) is 8.11. The highest BCUT2D eigenvalue weighted by atomic mass is 19.1. The van der Waals surface area contributed by atoms with Crippen LogP contribution in [-0.4, -0.2) is 54.0 Å². The fraction of sp³-hybridized carbons (Fsp3) is 0.189. The summed E-state index contributed by atoms with van der Waals surface area (Å²) in [5.74, 6) is -1.02.